The van der Waals surface area contributed by atoms with E-state index in [9.17, 15) is 9.59 Å². The van der Waals surface area contributed by atoms with Crippen LogP contribution in [0.4, 0.5) is 0 Å². The SMILES string of the molecule is CCC/C1=C(\CC)OC(=O)/C=C\C(=O)OC1CC. The summed E-state index contributed by atoms with van der Waals surface area (Å²) >= 11 is 0. The highest BCUT2D eigenvalue weighted by Gasteiger charge is 2.22. The first kappa shape index (κ1) is 14.5. The summed E-state index contributed by atoms with van der Waals surface area (Å²) in [6.45, 7) is 5.92. The number of allylic oxidation sites excluding steroid dienone is 1. The van der Waals surface area contributed by atoms with Crippen molar-refractivity contribution >= 4 is 11.9 Å². The van der Waals surface area contributed by atoms with E-state index in [0.29, 0.717) is 18.6 Å². The minimum absolute atomic E-state index is 0.303. The highest BCUT2D eigenvalue weighted by atomic mass is 16.6. The average molecular weight is 252 g/mol. The number of carbonyl (C=O) groups excluding carboxylic acids is 2. The molecule has 1 atom stereocenters. The molecule has 1 heterocycles. The number of ether oxygens (including phenoxy) is 2. The van der Waals surface area contributed by atoms with Crippen molar-refractivity contribution in [3.05, 3.63) is 23.5 Å². The van der Waals surface area contributed by atoms with Crippen molar-refractivity contribution in [1.82, 2.24) is 0 Å². The van der Waals surface area contributed by atoms with Gasteiger partial charge in [-0.1, -0.05) is 27.2 Å². The zero-order chi connectivity index (χ0) is 13.5. The van der Waals surface area contributed by atoms with Crippen LogP contribution in [0.1, 0.15) is 46.5 Å². The summed E-state index contributed by atoms with van der Waals surface area (Å²) in [7, 11) is 0. The van der Waals surface area contributed by atoms with Crippen LogP contribution in [0.2, 0.25) is 0 Å². The molecule has 0 radical (unpaired) electrons. The van der Waals surface area contributed by atoms with Crippen molar-refractivity contribution < 1.29 is 19.1 Å². The Morgan fingerprint density at radius 1 is 1.11 bits per heavy atom. The van der Waals surface area contributed by atoms with Gasteiger partial charge in [-0.25, -0.2) is 9.59 Å². The molecule has 0 aliphatic carbocycles. The van der Waals surface area contributed by atoms with Crippen LogP contribution in [0.5, 0.6) is 0 Å². The monoisotopic (exact) mass is 252 g/mol. The third kappa shape index (κ3) is 3.72. The predicted octanol–water partition coefficient (Wildman–Crippen LogP) is 2.89. The van der Waals surface area contributed by atoms with E-state index < -0.39 is 11.9 Å². The fraction of sp³-hybridized carbons (Fsp3) is 0.571. The number of hydrogen-bond donors (Lipinski definition) is 0. The van der Waals surface area contributed by atoms with Gasteiger partial charge in [-0.3, -0.25) is 0 Å². The Morgan fingerprint density at radius 3 is 2.33 bits per heavy atom. The molecule has 1 aliphatic rings. The molecule has 0 fully saturated rings. The van der Waals surface area contributed by atoms with Gasteiger partial charge in [-0.05, 0) is 12.8 Å². The van der Waals surface area contributed by atoms with Gasteiger partial charge in [0.1, 0.15) is 11.9 Å². The molecule has 4 heteroatoms. The standard InChI is InChI=1S/C14H20O4/c1-4-7-10-11(5-2)17-13(15)8-9-14(16)18-12(10)6-3/h8-9,11H,4-7H2,1-3H3/b9-8-,12-10-. The summed E-state index contributed by atoms with van der Waals surface area (Å²) in [5.74, 6) is -0.382. The minimum Gasteiger partial charge on any atom is -0.455 e. The van der Waals surface area contributed by atoms with Crippen LogP contribution in [0.25, 0.3) is 0 Å². The van der Waals surface area contributed by atoms with Crippen LogP contribution in [-0.4, -0.2) is 18.0 Å². The normalized spacial score (nSPS) is 26.7. The predicted molar refractivity (Wildman–Crippen MR) is 67.6 cm³/mol. The smallest absolute Gasteiger partial charge is 0.336 e. The van der Waals surface area contributed by atoms with Gasteiger partial charge in [0.15, 0.2) is 0 Å². The fourth-order valence-corrected chi connectivity index (χ4v) is 1.99. The second-order valence-corrected chi connectivity index (χ2v) is 4.14. The van der Waals surface area contributed by atoms with Gasteiger partial charge >= 0.3 is 11.9 Å². The maximum atomic E-state index is 11.5. The van der Waals surface area contributed by atoms with Crippen LogP contribution < -0.4 is 0 Å². The number of cyclic esters (lactones) is 2. The summed E-state index contributed by atoms with van der Waals surface area (Å²) in [6, 6.07) is 0. The highest BCUT2D eigenvalue weighted by Crippen LogP contribution is 2.25. The van der Waals surface area contributed by atoms with Crippen LogP contribution in [0.15, 0.2) is 23.5 Å². The molecule has 100 valence electrons. The summed E-state index contributed by atoms with van der Waals surface area (Å²) in [6.07, 6.45) is 4.90. The lowest BCUT2D eigenvalue weighted by atomic mass is 10.00. The summed E-state index contributed by atoms with van der Waals surface area (Å²) in [4.78, 5) is 23.0. The van der Waals surface area contributed by atoms with Crippen LogP contribution in [-0.2, 0) is 19.1 Å². The van der Waals surface area contributed by atoms with E-state index in [4.69, 9.17) is 9.47 Å². The lowest BCUT2D eigenvalue weighted by molar-refractivity contribution is -0.141. The molecular formula is C14H20O4. The summed E-state index contributed by atoms with van der Waals surface area (Å²) < 4.78 is 10.6. The quantitative estimate of drug-likeness (QED) is 0.722. The van der Waals surface area contributed by atoms with Gasteiger partial charge in [0.2, 0.25) is 0 Å². The maximum Gasteiger partial charge on any atom is 0.336 e. The van der Waals surface area contributed by atoms with Gasteiger partial charge in [-0.2, -0.15) is 0 Å². The number of esters is 2. The van der Waals surface area contributed by atoms with Gasteiger partial charge in [0.05, 0.1) is 0 Å². The Hall–Kier alpha value is -1.58. The highest BCUT2D eigenvalue weighted by molar-refractivity contribution is 5.92. The summed E-state index contributed by atoms with van der Waals surface area (Å²) in [5, 5.41) is 0. The van der Waals surface area contributed by atoms with Crippen LogP contribution in [0.3, 0.4) is 0 Å². The van der Waals surface area contributed by atoms with Crippen LogP contribution in [0, 0.1) is 0 Å². The van der Waals surface area contributed by atoms with Crippen molar-refractivity contribution in [2.45, 2.75) is 52.6 Å². The lowest BCUT2D eigenvalue weighted by Gasteiger charge is -2.21. The van der Waals surface area contributed by atoms with E-state index in [1.165, 1.54) is 0 Å². The zero-order valence-corrected chi connectivity index (χ0v) is 11.2. The largest absolute Gasteiger partial charge is 0.455 e. The second-order valence-electron chi connectivity index (χ2n) is 4.14. The lowest BCUT2D eigenvalue weighted by Crippen LogP contribution is -2.20. The van der Waals surface area contributed by atoms with E-state index in [2.05, 4.69) is 0 Å². The molecule has 1 aliphatic heterocycles. The Labute approximate surface area is 108 Å². The van der Waals surface area contributed by atoms with E-state index >= 15 is 0 Å². The Kier molecular flexibility index (Phi) is 5.62. The van der Waals surface area contributed by atoms with Crippen LogP contribution >= 0.6 is 0 Å². The van der Waals surface area contributed by atoms with Gasteiger partial charge < -0.3 is 9.47 Å². The average Bonchev–Trinajstić information content (AvgIpc) is 2.42. The molecular weight excluding hydrogens is 232 g/mol. The molecule has 0 saturated heterocycles. The Morgan fingerprint density at radius 2 is 1.78 bits per heavy atom. The van der Waals surface area contributed by atoms with Crippen molar-refractivity contribution in [2.75, 3.05) is 0 Å². The first-order chi connectivity index (χ1) is 8.62. The van der Waals surface area contributed by atoms with Gasteiger partial charge in [-0.15, -0.1) is 0 Å². The Bertz CT molecular complexity index is 379. The number of rotatable bonds is 4. The molecule has 0 aromatic heterocycles. The third-order valence-corrected chi connectivity index (χ3v) is 2.80. The zero-order valence-electron chi connectivity index (χ0n) is 11.2. The van der Waals surface area contributed by atoms with E-state index in [-0.39, 0.29) is 6.10 Å². The molecule has 1 unspecified atom stereocenters. The number of hydrogen-bond acceptors (Lipinski definition) is 4. The molecule has 0 saturated carbocycles. The van der Waals surface area contributed by atoms with Crippen molar-refractivity contribution in [1.29, 1.82) is 0 Å². The molecule has 4 nitrogen and oxygen atoms in total. The molecule has 1 rings (SSSR count). The first-order valence-electron chi connectivity index (χ1n) is 6.44. The molecule has 18 heavy (non-hydrogen) atoms. The maximum absolute atomic E-state index is 11.5. The fourth-order valence-electron chi connectivity index (χ4n) is 1.99. The summed E-state index contributed by atoms with van der Waals surface area (Å²) in [5.41, 5.74) is 0.924. The third-order valence-electron chi connectivity index (χ3n) is 2.80. The molecule has 0 spiro atoms. The van der Waals surface area contributed by atoms with Gasteiger partial charge in [0.25, 0.3) is 0 Å². The van der Waals surface area contributed by atoms with E-state index in [1.54, 1.807) is 0 Å². The van der Waals surface area contributed by atoms with E-state index in [0.717, 1.165) is 30.6 Å². The van der Waals surface area contributed by atoms with Crippen molar-refractivity contribution in [2.24, 2.45) is 0 Å². The van der Waals surface area contributed by atoms with Crippen molar-refractivity contribution in [3.63, 3.8) is 0 Å². The molecule has 0 aromatic rings. The molecule has 0 amide bonds. The van der Waals surface area contributed by atoms with Crippen molar-refractivity contribution in [3.8, 4) is 0 Å². The van der Waals surface area contributed by atoms with E-state index in [1.807, 2.05) is 20.8 Å². The minimum atomic E-state index is -0.519. The first-order valence-corrected chi connectivity index (χ1v) is 6.44. The molecule has 0 bridgehead atoms. The second kappa shape index (κ2) is 6.99. The molecule has 0 aromatic carbocycles. The number of carbonyl (C=O) groups is 2. The topological polar surface area (TPSA) is 52.6 Å². The Balaban J connectivity index is 3.15. The molecule has 0 N–H and O–H groups in total. The van der Waals surface area contributed by atoms with Gasteiger partial charge in [0, 0.05) is 24.1 Å².